The number of amides is 2. The predicted octanol–water partition coefficient (Wildman–Crippen LogP) is 7.71. The van der Waals surface area contributed by atoms with Gasteiger partial charge in [-0.1, -0.05) is 24.6 Å². The highest BCUT2D eigenvalue weighted by atomic mass is 16.6. The molecular formula is C38H42N4O5. The fraction of sp³-hybridized carbons (Fsp3) is 0.342. The molecule has 2 aliphatic heterocycles. The van der Waals surface area contributed by atoms with E-state index in [1.54, 1.807) is 35.4 Å². The molecule has 1 aromatic heterocycles. The smallest absolute Gasteiger partial charge is 0.415 e. The van der Waals surface area contributed by atoms with Gasteiger partial charge in [0.25, 0.3) is 5.91 Å². The first kappa shape index (κ1) is 32.1. The molecular weight excluding hydrogens is 592 g/mol. The van der Waals surface area contributed by atoms with Crippen molar-refractivity contribution in [1.29, 1.82) is 0 Å². The first-order valence-corrected chi connectivity index (χ1v) is 16.5. The summed E-state index contributed by atoms with van der Waals surface area (Å²) in [6.07, 6.45) is 6.90. The van der Waals surface area contributed by atoms with Gasteiger partial charge in [0.05, 0.1) is 6.61 Å². The molecule has 47 heavy (non-hydrogen) atoms. The van der Waals surface area contributed by atoms with Crippen LogP contribution in [0.1, 0.15) is 53.6 Å². The van der Waals surface area contributed by atoms with Gasteiger partial charge >= 0.3 is 6.09 Å². The lowest BCUT2D eigenvalue weighted by molar-refractivity contribution is 0.102. The molecule has 6 rings (SSSR count). The number of aromatic nitrogens is 1. The maximum atomic E-state index is 12.8. The highest BCUT2D eigenvalue weighted by Gasteiger charge is 2.25. The van der Waals surface area contributed by atoms with E-state index in [1.807, 2.05) is 67.6 Å². The van der Waals surface area contributed by atoms with Gasteiger partial charge < -0.3 is 24.4 Å². The fourth-order valence-corrected chi connectivity index (χ4v) is 5.85. The van der Waals surface area contributed by atoms with Crippen LogP contribution < -0.4 is 19.5 Å². The van der Waals surface area contributed by atoms with Gasteiger partial charge in [-0.2, -0.15) is 0 Å². The van der Waals surface area contributed by atoms with E-state index < -0.39 is 0 Å². The fourth-order valence-electron chi connectivity index (χ4n) is 5.85. The third kappa shape index (κ3) is 9.33. The molecule has 0 unspecified atom stereocenters. The van der Waals surface area contributed by atoms with E-state index in [0.29, 0.717) is 54.2 Å². The Balaban J connectivity index is 0.895. The summed E-state index contributed by atoms with van der Waals surface area (Å²) in [5.41, 5.74) is 3.55. The zero-order chi connectivity index (χ0) is 32.4. The molecule has 2 aliphatic rings. The van der Waals surface area contributed by atoms with Crippen molar-refractivity contribution in [2.45, 2.75) is 45.6 Å². The number of nitrogens with zero attached hydrogens (tertiary/aromatic N) is 3. The topological polar surface area (TPSA) is 93.2 Å². The number of ether oxygens (including phenoxy) is 3. The lowest BCUT2D eigenvalue weighted by Gasteiger charge is -2.31. The minimum absolute atomic E-state index is 0.173. The summed E-state index contributed by atoms with van der Waals surface area (Å²) in [6.45, 7) is 6.99. The van der Waals surface area contributed by atoms with Crippen LogP contribution in [0.2, 0.25) is 0 Å². The van der Waals surface area contributed by atoms with E-state index in [1.165, 1.54) is 24.8 Å². The summed E-state index contributed by atoms with van der Waals surface area (Å²) in [5, 5.41) is 2.92. The van der Waals surface area contributed by atoms with E-state index in [2.05, 4.69) is 15.2 Å². The Morgan fingerprint density at radius 3 is 2.15 bits per heavy atom. The average Bonchev–Trinajstić information content (AvgIpc) is 3.11. The normalized spacial score (nSPS) is 15.6. The Morgan fingerprint density at radius 1 is 0.787 bits per heavy atom. The zero-order valence-electron chi connectivity index (χ0n) is 26.9. The van der Waals surface area contributed by atoms with Crippen LogP contribution in [0.25, 0.3) is 0 Å². The van der Waals surface area contributed by atoms with Crippen molar-refractivity contribution in [3.63, 3.8) is 0 Å². The second kappa shape index (κ2) is 15.6. The lowest BCUT2D eigenvalue weighted by Crippen LogP contribution is -2.41. The van der Waals surface area contributed by atoms with Gasteiger partial charge in [-0.05, 0) is 123 Å². The van der Waals surface area contributed by atoms with Crippen molar-refractivity contribution in [2.24, 2.45) is 5.92 Å². The summed E-state index contributed by atoms with van der Waals surface area (Å²) in [4.78, 5) is 34.1. The quantitative estimate of drug-likeness (QED) is 0.191. The Kier molecular flexibility index (Phi) is 10.6. The molecule has 4 aromatic rings. The number of likely N-dealkylation sites (tertiary alicyclic amines) is 2. The zero-order valence-corrected chi connectivity index (χ0v) is 26.9. The van der Waals surface area contributed by atoms with Gasteiger partial charge in [0.15, 0.2) is 0 Å². The van der Waals surface area contributed by atoms with Crippen molar-refractivity contribution in [2.75, 3.05) is 38.1 Å². The minimum Gasteiger partial charge on any atom is -0.493 e. The lowest BCUT2D eigenvalue weighted by atomic mass is 9.98. The van der Waals surface area contributed by atoms with Crippen LogP contribution in [0, 0.1) is 12.8 Å². The molecule has 1 N–H and O–H groups in total. The number of nitrogens with one attached hydrogen (secondary N) is 1. The maximum Gasteiger partial charge on any atom is 0.415 e. The average molecular weight is 635 g/mol. The van der Waals surface area contributed by atoms with Crippen molar-refractivity contribution in [3.8, 4) is 23.1 Å². The molecule has 0 spiro atoms. The van der Waals surface area contributed by atoms with E-state index in [0.717, 1.165) is 43.8 Å². The first-order valence-electron chi connectivity index (χ1n) is 16.5. The van der Waals surface area contributed by atoms with E-state index >= 15 is 0 Å². The van der Waals surface area contributed by atoms with Crippen LogP contribution in [-0.2, 0) is 6.54 Å². The first-order chi connectivity index (χ1) is 23.0. The summed E-state index contributed by atoms with van der Waals surface area (Å²) >= 11 is 0. The van der Waals surface area contributed by atoms with Crippen LogP contribution >= 0.6 is 0 Å². The number of benzene rings is 3. The number of piperidine rings is 2. The molecule has 3 aromatic carbocycles. The SMILES string of the molecule is Cc1ccc(Oc2ccc(OCC3CCN(C(=O)Oc4ccc(NC(=O)c5ccc(CN6CCCCC6)cc5)cc4)CC3)cc2)nc1. The Hall–Kier alpha value is -4.89. The monoisotopic (exact) mass is 634 g/mol. The predicted molar refractivity (Wildman–Crippen MR) is 181 cm³/mol. The second-order valence-corrected chi connectivity index (χ2v) is 12.4. The molecule has 3 heterocycles. The van der Waals surface area contributed by atoms with Crippen LogP contribution in [0.5, 0.6) is 23.1 Å². The summed E-state index contributed by atoms with van der Waals surface area (Å²) in [5.74, 6) is 2.63. The standard InChI is InChI=1S/C38H42N4O5/c1-28-5-18-36(39-25-28)46-34-16-14-33(15-17-34)45-27-30-19-23-42(24-20-30)38(44)47-35-12-10-32(11-13-35)40-37(43)31-8-6-29(7-9-31)26-41-21-3-2-4-22-41/h5-18,25,30H,2-4,19-24,26-27H2,1H3,(H,40,43). The summed E-state index contributed by atoms with van der Waals surface area (Å²) < 4.78 is 17.4. The van der Waals surface area contributed by atoms with Crippen molar-refractivity contribution >= 4 is 17.7 Å². The molecule has 2 amide bonds. The van der Waals surface area contributed by atoms with Crippen molar-refractivity contribution in [1.82, 2.24) is 14.8 Å². The molecule has 0 radical (unpaired) electrons. The Labute approximate surface area is 276 Å². The maximum absolute atomic E-state index is 12.8. The molecule has 0 aliphatic carbocycles. The Morgan fingerprint density at radius 2 is 1.47 bits per heavy atom. The summed E-state index contributed by atoms with van der Waals surface area (Å²) in [7, 11) is 0. The number of hydrogen-bond acceptors (Lipinski definition) is 7. The molecule has 9 heteroatoms. The van der Waals surface area contributed by atoms with Gasteiger partial charge in [0.2, 0.25) is 5.88 Å². The van der Waals surface area contributed by atoms with Gasteiger partial charge in [0.1, 0.15) is 17.2 Å². The van der Waals surface area contributed by atoms with Crippen LogP contribution in [-0.4, -0.2) is 59.6 Å². The number of anilines is 1. The molecule has 0 bridgehead atoms. The number of hydrogen-bond donors (Lipinski definition) is 1. The second-order valence-electron chi connectivity index (χ2n) is 12.4. The molecule has 9 nitrogen and oxygen atoms in total. The minimum atomic E-state index is -0.371. The molecule has 2 saturated heterocycles. The van der Waals surface area contributed by atoms with Gasteiger partial charge in [-0.15, -0.1) is 0 Å². The van der Waals surface area contributed by atoms with E-state index in [9.17, 15) is 9.59 Å². The van der Waals surface area contributed by atoms with Gasteiger partial charge in [0, 0.05) is 43.1 Å². The van der Waals surface area contributed by atoms with Crippen LogP contribution in [0.3, 0.4) is 0 Å². The molecule has 244 valence electrons. The number of pyridine rings is 1. The summed E-state index contributed by atoms with van der Waals surface area (Å²) in [6, 6.07) is 26.0. The number of carbonyl (C=O) groups is 2. The number of aryl methyl sites for hydroxylation is 1. The molecule has 2 fully saturated rings. The van der Waals surface area contributed by atoms with Gasteiger partial charge in [-0.3, -0.25) is 9.69 Å². The highest BCUT2D eigenvalue weighted by molar-refractivity contribution is 6.04. The number of rotatable bonds is 10. The molecule has 0 saturated carbocycles. The van der Waals surface area contributed by atoms with Crippen LogP contribution in [0.15, 0.2) is 91.1 Å². The van der Waals surface area contributed by atoms with Crippen LogP contribution in [0.4, 0.5) is 10.5 Å². The van der Waals surface area contributed by atoms with E-state index in [-0.39, 0.29) is 12.0 Å². The third-order valence-corrected chi connectivity index (χ3v) is 8.68. The third-order valence-electron chi connectivity index (χ3n) is 8.68. The molecule has 0 atom stereocenters. The highest BCUT2D eigenvalue weighted by Crippen LogP contribution is 2.25. The largest absolute Gasteiger partial charge is 0.493 e. The van der Waals surface area contributed by atoms with E-state index in [4.69, 9.17) is 14.2 Å². The number of carbonyl (C=O) groups excluding carboxylic acids is 2. The van der Waals surface area contributed by atoms with Crippen molar-refractivity contribution in [3.05, 3.63) is 108 Å². The van der Waals surface area contributed by atoms with Gasteiger partial charge in [-0.25, -0.2) is 9.78 Å². The van der Waals surface area contributed by atoms with Crippen molar-refractivity contribution < 1.29 is 23.8 Å². The Bertz CT molecular complexity index is 1590.